The number of nitrogens with two attached hydrogens (primary N) is 1. The topological polar surface area (TPSA) is 77.4 Å². The molecule has 1 saturated heterocycles. The molecule has 0 bridgehead atoms. The van der Waals surface area contributed by atoms with Crippen LogP contribution in [-0.4, -0.2) is 41.8 Å². The van der Waals surface area contributed by atoms with Crippen LogP contribution in [0.1, 0.15) is 23.4 Å². The number of nitrogen functional groups attached to an aromatic ring is 1. The molecule has 2 aromatic rings. The number of morpholine rings is 1. The van der Waals surface area contributed by atoms with Gasteiger partial charge in [0.25, 0.3) is 0 Å². The van der Waals surface area contributed by atoms with E-state index in [-0.39, 0.29) is 6.10 Å². The highest BCUT2D eigenvalue weighted by atomic mass is 16.5. The first-order chi connectivity index (χ1) is 9.70. The third-order valence-corrected chi connectivity index (χ3v) is 3.35. The Labute approximate surface area is 117 Å². The van der Waals surface area contributed by atoms with Gasteiger partial charge in [-0.15, -0.1) is 0 Å². The Morgan fingerprint density at radius 2 is 2.35 bits per heavy atom. The van der Waals surface area contributed by atoms with Gasteiger partial charge in [0.15, 0.2) is 0 Å². The number of anilines is 1. The quantitative estimate of drug-likeness (QED) is 0.849. The molecule has 20 heavy (non-hydrogen) atoms. The summed E-state index contributed by atoms with van der Waals surface area (Å²) in [6.07, 6.45) is 0.479. The van der Waals surface area contributed by atoms with Crippen molar-refractivity contribution in [1.29, 1.82) is 0 Å². The van der Waals surface area contributed by atoms with Crippen molar-refractivity contribution < 1.29 is 9.26 Å². The number of rotatable bonds is 3. The van der Waals surface area contributed by atoms with Crippen LogP contribution in [0.25, 0.3) is 0 Å². The highest BCUT2D eigenvalue weighted by molar-refractivity contribution is 5.41. The van der Waals surface area contributed by atoms with Gasteiger partial charge in [0, 0.05) is 18.8 Å². The maximum absolute atomic E-state index is 5.76. The zero-order valence-electron chi connectivity index (χ0n) is 11.5. The lowest BCUT2D eigenvalue weighted by molar-refractivity contribution is -0.0264. The molecule has 2 N–H and O–H groups in total. The number of hydrogen-bond donors (Lipinski definition) is 1. The van der Waals surface area contributed by atoms with Crippen molar-refractivity contribution in [3.05, 3.63) is 41.5 Å². The van der Waals surface area contributed by atoms with E-state index >= 15 is 0 Å². The SMILES string of the molecule is CN1CCOC(c2noc(Cc3cccc(N)c3)n2)C1. The van der Waals surface area contributed by atoms with Gasteiger partial charge < -0.3 is 19.9 Å². The van der Waals surface area contributed by atoms with Crippen molar-refractivity contribution in [2.45, 2.75) is 12.5 Å². The van der Waals surface area contributed by atoms with E-state index in [1.165, 1.54) is 0 Å². The van der Waals surface area contributed by atoms with Crippen LogP contribution < -0.4 is 5.73 Å². The molecule has 1 aliphatic rings. The van der Waals surface area contributed by atoms with Crippen molar-refractivity contribution in [3.8, 4) is 0 Å². The molecule has 1 fully saturated rings. The molecule has 0 saturated carbocycles. The Morgan fingerprint density at radius 1 is 1.45 bits per heavy atom. The van der Waals surface area contributed by atoms with E-state index in [9.17, 15) is 0 Å². The van der Waals surface area contributed by atoms with Crippen molar-refractivity contribution >= 4 is 5.69 Å². The summed E-state index contributed by atoms with van der Waals surface area (Å²) in [6.45, 7) is 2.42. The second-order valence-electron chi connectivity index (χ2n) is 5.09. The normalized spacial score (nSPS) is 20.1. The summed E-state index contributed by atoms with van der Waals surface area (Å²) in [5, 5.41) is 4.02. The van der Waals surface area contributed by atoms with Gasteiger partial charge in [0.1, 0.15) is 6.10 Å². The summed E-state index contributed by atoms with van der Waals surface area (Å²) in [5.74, 6) is 1.21. The van der Waals surface area contributed by atoms with Gasteiger partial charge in [-0.05, 0) is 24.7 Å². The molecule has 6 heteroatoms. The number of ether oxygens (including phenoxy) is 1. The standard InChI is InChI=1S/C14H18N4O2/c1-18-5-6-19-12(9-18)14-16-13(20-17-14)8-10-3-2-4-11(15)7-10/h2-4,7,12H,5-6,8-9,15H2,1H3. The molecular formula is C14H18N4O2. The molecule has 1 aliphatic heterocycles. The maximum Gasteiger partial charge on any atom is 0.231 e. The lowest BCUT2D eigenvalue weighted by Crippen LogP contribution is -2.35. The number of nitrogens with zero attached hydrogens (tertiary/aromatic N) is 3. The van der Waals surface area contributed by atoms with Crippen molar-refractivity contribution in [1.82, 2.24) is 15.0 Å². The first-order valence-electron chi connectivity index (χ1n) is 6.68. The number of benzene rings is 1. The highest BCUT2D eigenvalue weighted by Crippen LogP contribution is 2.19. The third kappa shape index (κ3) is 2.97. The van der Waals surface area contributed by atoms with Gasteiger partial charge in [-0.2, -0.15) is 4.98 Å². The van der Waals surface area contributed by atoms with Gasteiger partial charge in [-0.3, -0.25) is 0 Å². The van der Waals surface area contributed by atoms with E-state index in [0.29, 0.717) is 24.7 Å². The van der Waals surface area contributed by atoms with Crippen LogP contribution in [0.2, 0.25) is 0 Å². The lowest BCUT2D eigenvalue weighted by Gasteiger charge is -2.27. The predicted molar refractivity (Wildman–Crippen MR) is 74.1 cm³/mol. The summed E-state index contributed by atoms with van der Waals surface area (Å²) in [6, 6.07) is 7.68. The molecule has 0 aliphatic carbocycles. The van der Waals surface area contributed by atoms with Crippen molar-refractivity contribution in [3.63, 3.8) is 0 Å². The molecule has 1 atom stereocenters. The fourth-order valence-corrected chi connectivity index (χ4v) is 2.28. The van der Waals surface area contributed by atoms with E-state index in [4.69, 9.17) is 15.0 Å². The number of aromatic nitrogens is 2. The minimum atomic E-state index is -0.105. The third-order valence-electron chi connectivity index (χ3n) is 3.35. The Balaban J connectivity index is 1.70. The molecule has 0 amide bonds. The van der Waals surface area contributed by atoms with Gasteiger partial charge in [-0.25, -0.2) is 0 Å². The van der Waals surface area contributed by atoms with Gasteiger partial charge in [0.05, 0.1) is 13.0 Å². The van der Waals surface area contributed by atoms with Crippen LogP contribution in [0.5, 0.6) is 0 Å². The summed E-state index contributed by atoms with van der Waals surface area (Å²) in [5.41, 5.74) is 7.55. The van der Waals surface area contributed by atoms with Crippen LogP contribution in [0.4, 0.5) is 5.69 Å². The number of hydrogen-bond acceptors (Lipinski definition) is 6. The van der Waals surface area contributed by atoms with E-state index in [0.717, 1.165) is 24.3 Å². The molecule has 1 aromatic heterocycles. The van der Waals surface area contributed by atoms with Crippen LogP contribution in [0, 0.1) is 0 Å². The molecule has 2 heterocycles. The fourth-order valence-electron chi connectivity index (χ4n) is 2.28. The van der Waals surface area contributed by atoms with Crippen LogP contribution in [0.15, 0.2) is 28.8 Å². The van der Waals surface area contributed by atoms with Gasteiger partial charge >= 0.3 is 0 Å². The van der Waals surface area contributed by atoms with E-state index in [2.05, 4.69) is 22.1 Å². The van der Waals surface area contributed by atoms with Crippen LogP contribution >= 0.6 is 0 Å². The molecule has 1 aromatic carbocycles. The fraction of sp³-hybridized carbons (Fsp3) is 0.429. The maximum atomic E-state index is 5.76. The Morgan fingerprint density at radius 3 is 3.15 bits per heavy atom. The average Bonchev–Trinajstić information content (AvgIpc) is 2.87. The van der Waals surface area contributed by atoms with Gasteiger partial charge in [-0.1, -0.05) is 17.3 Å². The lowest BCUT2D eigenvalue weighted by atomic mass is 10.1. The minimum Gasteiger partial charge on any atom is -0.399 e. The van der Waals surface area contributed by atoms with Crippen molar-refractivity contribution in [2.75, 3.05) is 32.5 Å². The average molecular weight is 274 g/mol. The predicted octanol–water partition coefficient (Wildman–Crippen LogP) is 1.25. The van der Waals surface area contributed by atoms with Crippen molar-refractivity contribution in [2.24, 2.45) is 0 Å². The molecular weight excluding hydrogens is 256 g/mol. The smallest absolute Gasteiger partial charge is 0.231 e. The Hall–Kier alpha value is -1.92. The zero-order valence-corrected chi connectivity index (χ0v) is 11.5. The highest BCUT2D eigenvalue weighted by Gasteiger charge is 2.24. The minimum absolute atomic E-state index is 0.105. The molecule has 0 spiro atoms. The molecule has 1 unspecified atom stereocenters. The Bertz CT molecular complexity index is 584. The first-order valence-corrected chi connectivity index (χ1v) is 6.68. The van der Waals surface area contributed by atoms with Crippen LogP contribution in [0.3, 0.4) is 0 Å². The van der Waals surface area contributed by atoms with E-state index < -0.39 is 0 Å². The second kappa shape index (κ2) is 5.60. The van der Waals surface area contributed by atoms with E-state index in [1.54, 1.807) is 0 Å². The van der Waals surface area contributed by atoms with Gasteiger partial charge in [0.2, 0.25) is 11.7 Å². The molecule has 0 radical (unpaired) electrons. The largest absolute Gasteiger partial charge is 0.399 e. The first kappa shape index (κ1) is 13.1. The summed E-state index contributed by atoms with van der Waals surface area (Å²) < 4.78 is 11.0. The number of likely N-dealkylation sites (N-methyl/N-ethyl adjacent to an activating group) is 1. The second-order valence-corrected chi connectivity index (χ2v) is 5.09. The Kier molecular flexibility index (Phi) is 3.66. The summed E-state index contributed by atoms with van der Waals surface area (Å²) in [7, 11) is 2.06. The zero-order chi connectivity index (χ0) is 13.9. The molecule has 3 rings (SSSR count). The molecule has 6 nitrogen and oxygen atoms in total. The summed E-state index contributed by atoms with van der Waals surface area (Å²) in [4.78, 5) is 6.62. The van der Waals surface area contributed by atoms with E-state index in [1.807, 2.05) is 24.3 Å². The summed E-state index contributed by atoms with van der Waals surface area (Å²) >= 11 is 0. The molecule has 106 valence electrons. The monoisotopic (exact) mass is 274 g/mol. The van der Waals surface area contributed by atoms with Crippen LogP contribution in [-0.2, 0) is 11.2 Å².